The van der Waals surface area contributed by atoms with Gasteiger partial charge in [-0.3, -0.25) is 14.5 Å². The number of carbonyl (C=O) groups is 1. The summed E-state index contributed by atoms with van der Waals surface area (Å²) in [5, 5.41) is 10.1. The van der Waals surface area contributed by atoms with Gasteiger partial charge in [0, 0.05) is 25.1 Å². The Hall–Kier alpha value is -3.13. The number of rotatable bonds is 10. The van der Waals surface area contributed by atoms with E-state index in [4.69, 9.17) is 21.7 Å². The zero-order valence-corrected chi connectivity index (χ0v) is 18.0. The molecule has 0 aliphatic heterocycles. The van der Waals surface area contributed by atoms with Crippen LogP contribution in [0, 0.1) is 4.77 Å². The van der Waals surface area contributed by atoms with Crippen LogP contribution in [0.15, 0.2) is 48.5 Å². The average molecular weight is 427 g/mol. The SMILES string of the molecule is COc1ccc(CCCNC(=O)CCn2c(-c3ccc(OC)cc3)n[nH]c2=S)cc1. The zero-order valence-electron chi connectivity index (χ0n) is 17.2. The quantitative estimate of drug-likeness (QED) is 0.381. The fourth-order valence-electron chi connectivity index (χ4n) is 3.10. The average Bonchev–Trinajstić information content (AvgIpc) is 3.16. The van der Waals surface area contributed by atoms with E-state index in [9.17, 15) is 4.79 Å². The van der Waals surface area contributed by atoms with Gasteiger partial charge in [-0.25, -0.2) is 0 Å². The minimum absolute atomic E-state index is 0.00601. The van der Waals surface area contributed by atoms with Crippen LogP contribution >= 0.6 is 12.2 Å². The topological polar surface area (TPSA) is 81.2 Å². The first-order valence-corrected chi connectivity index (χ1v) is 10.2. The summed E-state index contributed by atoms with van der Waals surface area (Å²) in [7, 11) is 3.28. The molecule has 1 aromatic heterocycles. The van der Waals surface area contributed by atoms with E-state index in [0.29, 0.717) is 30.1 Å². The molecular formula is C22H26N4O3S. The Morgan fingerprint density at radius 3 is 2.33 bits per heavy atom. The Bertz CT molecular complexity index is 1010. The van der Waals surface area contributed by atoms with E-state index in [0.717, 1.165) is 29.9 Å². The molecule has 1 amide bonds. The van der Waals surface area contributed by atoms with Gasteiger partial charge >= 0.3 is 0 Å². The number of aryl methyl sites for hydroxylation is 1. The molecule has 0 radical (unpaired) electrons. The normalized spacial score (nSPS) is 10.6. The minimum Gasteiger partial charge on any atom is -0.497 e. The molecule has 0 aliphatic rings. The van der Waals surface area contributed by atoms with Crippen molar-refractivity contribution in [1.82, 2.24) is 20.1 Å². The van der Waals surface area contributed by atoms with Gasteiger partial charge in [0.05, 0.1) is 14.2 Å². The maximum atomic E-state index is 12.3. The number of H-pyrrole nitrogens is 1. The molecule has 0 saturated carbocycles. The highest BCUT2D eigenvalue weighted by molar-refractivity contribution is 7.71. The lowest BCUT2D eigenvalue weighted by molar-refractivity contribution is -0.121. The van der Waals surface area contributed by atoms with Gasteiger partial charge in [0.25, 0.3) is 0 Å². The van der Waals surface area contributed by atoms with E-state index in [1.54, 1.807) is 14.2 Å². The molecule has 0 fully saturated rings. The number of carbonyl (C=O) groups excluding carboxylic acids is 1. The third-order valence-corrected chi connectivity index (χ3v) is 5.10. The van der Waals surface area contributed by atoms with Crippen LogP contribution in [0.1, 0.15) is 18.4 Å². The van der Waals surface area contributed by atoms with Gasteiger partial charge in [-0.15, -0.1) is 0 Å². The first-order valence-electron chi connectivity index (χ1n) is 9.80. The zero-order chi connectivity index (χ0) is 21.3. The summed E-state index contributed by atoms with van der Waals surface area (Å²) < 4.78 is 12.7. The number of nitrogens with one attached hydrogen (secondary N) is 2. The minimum atomic E-state index is -0.00601. The number of amides is 1. The molecule has 0 atom stereocenters. The molecule has 2 aromatic carbocycles. The lowest BCUT2D eigenvalue weighted by Crippen LogP contribution is -2.25. The van der Waals surface area contributed by atoms with Crippen molar-refractivity contribution in [3.8, 4) is 22.9 Å². The van der Waals surface area contributed by atoms with Crippen LogP contribution in [-0.2, 0) is 17.8 Å². The summed E-state index contributed by atoms with van der Waals surface area (Å²) in [4.78, 5) is 12.3. The number of hydrogen-bond donors (Lipinski definition) is 2. The molecule has 2 N–H and O–H groups in total. The maximum absolute atomic E-state index is 12.3. The Kier molecular flexibility index (Phi) is 7.62. The molecule has 0 unspecified atom stereocenters. The van der Waals surface area contributed by atoms with E-state index in [2.05, 4.69) is 15.5 Å². The second kappa shape index (κ2) is 10.6. The van der Waals surface area contributed by atoms with Gasteiger partial charge in [-0.05, 0) is 67.0 Å². The van der Waals surface area contributed by atoms with Crippen molar-refractivity contribution < 1.29 is 14.3 Å². The van der Waals surface area contributed by atoms with Crippen molar-refractivity contribution in [3.05, 3.63) is 58.9 Å². The molecule has 1 heterocycles. The Labute approximate surface area is 181 Å². The standard InChI is InChI=1S/C22H26N4O3S/c1-28-18-9-5-16(6-10-18)4-3-14-23-20(27)13-15-26-21(24-25-22(26)30)17-7-11-19(29-2)12-8-17/h5-12H,3-4,13-15H2,1-2H3,(H,23,27)(H,25,30). The summed E-state index contributed by atoms with van der Waals surface area (Å²) in [5.74, 6) is 2.32. The maximum Gasteiger partial charge on any atom is 0.221 e. The second-order valence-corrected chi connectivity index (χ2v) is 7.17. The number of hydrogen-bond acceptors (Lipinski definition) is 5. The highest BCUT2D eigenvalue weighted by atomic mass is 32.1. The first-order chi connectivity index (χ1) is 14.6. The smallest absolute Gasteiger partial charge is 0.221 e. The number of methoxy groups -OCH3 is 2. The van der Waals surface area contributed by atoms with E-state index in [1.165, 1.54) is 5.56 Å². The molecule has 3 aromatic rings. The van der Waals surface area contributed by atoms with Crippen LogP contribution in [-0.4, -0.2) is 41.4 Å². The van der Waals surface area contributed by atoms with E-state index >= 15 is 0 Å². The molecule has 158 valence electrons. The van der Waals surface area contributed by atoms with Crippen LogP contribution in [0.5, 0.6) is 11.5 Å². The molecule has 7 nitrogen and oxygen atoms in total. The van der Waals surface area contributed by atoms with E-state index in [-0.39, 0.29) is 5.91 Å². The van der Waals surface area contributed by atoms with Crippen LogP contribution in [0.3, 0.4) is 0 Å². The Morgan fingerprint density at radius 1 is 1.07 bits per heavy atom. The summed E-state index contributed by atoms with van der Waals surface area (Å²) in [6.07, 6.45) is 2.11. The number of aromatic amines is 1. The number of aromatic nitrogens is 3. The molecule has 8 heteroatoms. The van der Waals surface area contributed by atoms with Gasteiger partial charge in [-0.1, -0.05) is 12.1 Å². The van der Waals surface area contributed by atoms with Crippen LogP contribution in [0.25, 0.3) is 11.4 Å². The summed E-state index contributed by atoms with van der Waals surface area (Å²) >= 11 is 5.33. The van der Waals surface area contributed by atoms with Crippen molar-refractivity contribution in [3.63, 3.8) is 0 Å². The van der Waals surface area contributed by atoms with Gasteiger partial charge in [-0.2, -0.15) is 5.10 Å². The molecule has 3 rings (SSSR count). The number of benzene rings is 2. The molecular weight excluding hydrogens is 400 g/mol. The van der Waals surface area contributed by atoms with Gasteiger partial charge < -0.3 is 14.8 Å². The van der Waals surface area contributed by atoms with E-state index in [1.807, 2.05) is 53.1 Å². The monoisotopic (exact) mass is 426 g/mol. The van der Waals surface area contributed by atoms with Gasteiger partial charge in [0.2, 0.25) is 5.91 Å². The molecule has 0 spiro atoms. The second-order valence-electron chi connectivity index (χ2n) is 6.78. The molecule has 0 saturated heterocycles. The van der Waals surface area contributed by atoms with Crippen molar-refractivity contribution in [2.45, 2.75) is 25.8 Å². The molecule has 0 bridgehead atoms. The summed E-state index contributed by atoms with van der Waals surface area (Å²) in [6, 6.07) is 15.6. The van der Waals surface area contributed by atoms with Gasteiger partial charge in [0.15, 0.2) is 10.6 Å². The number of nitrogens with zero attached hydrogens (tertiary/aromatic N) is 2. The first kappa shape index (κ1) is 21.6. The fraction of sp³-hybridized carbons (Fsp3) is 0.318. The Morgan fingerprint density at radius 2 is 1.70 bits per heavy atom. The molecule has 30 heavy (non-hydrogen) atoms. The van der Waals surface area contributed by atoms with Crippen molar-refractivity contribution in [1.29, 1.82) is 0 Å². The van der Waals surface area contributed by atoms with Crippen molar-refractivity contribution >= 4 is 18.1 Å². The summed E-state index contributed by atoms with van der Waals surface area (Å²) in [5.41, 5.74) is 2.13. The fourth-order valence-corrected chi connectivity index (χ4v) is 3.32. The lowest BCUT2D eigenvalue weighted by atomic mass is 10.1. The van der Waals surface area contributed by atoms with Crippen LogP contribution < -0.4 is 14.8 Å². The van der Waals surface area contributed by atoms with Crippen LogP contribution in [0.4, 0.5) is 0 Å². The highest BCUT2D eigenvalue weighted by Gasteiger charge is 2.11. The third kappa shape index (κ3) is 5.70. The van der Waals surface area contributed by atoms with Gasteiger partial charge in [0.1, 0.15) is 11.5 Å². The predicted octanol–water partition coefficient (Wildman–Crippen LogP) is 3.76. The molecule has 0 aliphatic carbocycles. The van der Waals surface area contributed by atoms with Crippen molar-refractivity contribution in [2.75, 3.05) is 20.8 Å². The summed E-state index contributed by atoms with van der Waals surface area (Å²) in [6.45, 7) is 1.09. The van der Waals surface area contributed by atoms with Crippen LogP contribution in [0.2, 0.25) is 0 Å². The van der Waals surface area contributed by atoms with E-state index < -0.39 is 0 Å². The lowest BCUT2D eigenvalue weighted by Gasteiger charge is -2.09. The largest absolute Gasteiger partial charge is 0.497 e. The van der Waals surface area contributed by atoms with Crippen molar-refractivity contribution in [2.24, 2.45) is 0 Å². The Balaban J connectivity index is 1.47. The highest BCUT2D eigenvalue weighted by Crippen LogP contribution is 2.21. The predicted molar refractivity (Wildman–Crippen MR) is 118 cm³/mol. The number of ether oxygens (including phenoxy) is 2. The third-order valence-electron chi connectivity index (χ3n) is 4.79.